The summed E-state index contributed by atoms with van der Waals surface area (Å²) in [4.78, 5) is 34.4. The van der Waals surface area contributed by atoms with Gasteiger partial charge < -0.3 is 14.6 Å². The highest BCUT2D eigenvalue weighted by Crippen LogP contribution is 2.25. The molecule has 2 aromatic rings. The molecule has 0 radical (unpaired) electrons. The standard InChI is InChI=1S/C16H20N2O3.C13H16O3/c1-3-21-16(20)15(18-17-13-8-9-13)14(19)10-12-6-4-11(2)5-7-12;1-3-16-13(15)9-12(14)8-11-6-4-10(2)5-7-11/h4-7,13,19H,3,8-10H2,1-2H3;4-7H,3,8-9H2,1-2H3. The number of aryl methyl sites for hydroxylation is 2. The Morgan fingerprint density at radius 3 is 1.84 bits per heavy atom. The van der Waals surface area contributed by atoms with E-state index in [2.05, 4.69) is 10.2 Å². The number of nitrogens with zero attached hydrogens (tertiary/aromatic N) is 2. The third kappa shape index (κ3) is 11.6. The van der Waals surface area contributed by atoms with Gasteiger partial charge in [-0.05, 0) is 51.7 Å². The average molecular weight is 509 g/mol. The number of esters is 2. The van der Waals surface area contributed by atoms with Gasteiger partial charge in [-0.2, -0.15) is 5.11 Å². The number of ketones is 1. The van der Waals surface area contributed by atoms with Gasteiger partial charge in [0.05, 0.1) is 19.3 Å². The van der Waals surface area contributed by atoms with Crippen LogP contribution >= 0.6 is 0 Å². The Bertz CT molecular complexity index is 1100. The number of Topliss-reactive ketones (excluding diaryl/α,β-unsaturated/α-hetero) is 1. The molecule has 198 valence electrons. The van der Waals surface area contributed by atoms with Gasteiger partial charge in [-0.25, -0.2) is 4.79 Å². The zero-order valence-electron chi connectivity index (χ0n) is 22.0. The Hall–Kier alpha value is -3.81. The van der Waals surface area contributed by atoms with Gasteiger partial charge in [0, 0.05) is 12.8 Å². The molecule has 1 fully saturated rings. The number of hydrogen-bond donors (Lipinski definition) is 1. The molecule has 0 saturated heterocycles. The Kier molecular flexibility index (Phi) is 12.2. The maximum absolute atomic E-state index is 11.9. The molecule has 0 bridgehead atoms. The summed E-state index contributed by atoms with van der Waals surface area (Å²) < 4.78 is 9.63. The lowest BCUT2D eigenvalue weighted by Gasteiger charge is -2.06. The van der Waals surface area contributed by atoms with E-state index < -0.39 is 11.9 Å². The molecule has 2 aromatic carbocycles. The number of rotatable bonds is 11. The SMILES string of the molecule is CCOC(=O)C(N=NC1CC1)=C(O)Cc1ccc(C)cc1.CCOC(=O)CC(=O)Cc1ccc(C)cc1. The van der Waals surface area contributed by atoms with Gasteiger partial charge in [0.25, 0.3) is 0 Å². The van der Waals surface area contributed by atoms with E-state index >= 15 is 0 Å². The lowest BCUT2D eigenvalue weighted by Crippen LogP contribution is -2.12. The molecule has 1 aliphatic carbocycles. The van der Waals surface area contributed by atoms with Crippen LogP contribution in [0, 0.1) is 13.8 Å². The largest absolute Gasteiger partial charge is 0.509 e. The van der Waals surface area contributed by atoms with Crippen molar-refractivity contribution in [2.45, 2.75) is 65.8 Å². The van der Waals surface area contributed by atoms with Crippen LogP contribution in [0.15, 0.2) is 70.2 Å². The maximum Gasteiger partial charge on any atom is 0.362 e. The third-order valence-corrected chi connectivity index (χ3v) is 5.27. The van der Waals surface area contributed by atoms with Crippen molar-refractivity contribution >= 4 is 17.7 Å². The monoisotopic (exact) mass is 508 g/mol. The van der Waals surface area contributed by atoms with Crippen molar-refractivity contribution in [3.63, 3.8) is 0 Å². The van der Waals surface area contributed by atoms with E-state index in [1.807, 2.05) is 62.4 Å². The summed E-state index contributed by atoms with van der Waals surface area (Å²) in [5, 5.41) is 18.1. The van der Waals surface area contributed by atoms with Gasteiger partial charge in [-0.15, -0.1) is 5.11 Å². The first-order chi connectivity index (χ1) is 17.7. The van der Waals surface area contributed by atoms with Crippen LogP contribution in [0.5, 0.6) is 0 Å². The van der Waals surface area contributed by atoms with Crippen molar-refractivity contribution < 1.29 is 29.0 Å². The van der Waals surface area contributed by atoms with Gasteiger partial charge in [0.15, 0.2) is 0 Å². The van der Waals surface area contributed by atoms with E-state index in [1.165, 1.54) is 0 Å². The number of carbonyl (C=O) groups is 3. The van der Waals surface area contributed by atoms with Gasteiger partial charge >= 0.3 is 11.9 Å². The lowest BCUT2D eigenvalue weighted by atomic mass is 10.1. The number of hydrogen-bond acceptors (Lipinski definition) is 8. The highest BCUT2D eigenvalue weighted by Gasteiger charge is 2.23. The second-order valence-corrected chi connectivity index (χ2v) is 8.81. The van der Waals surface area contributed by atoms with Crippen LogP contribution in [0.1, 0.15) is 55.4 Å². The van der Waals surface area contributed by atoms with Crippen molar-refractivity contribution in [1.82, 2.24) is 0 Å². The van der Waals surface area contributed by atoms with E-state index in [9.17, 15) is 19.5 Å². The molecule has 37 heavy (non-hydrogen) atoms. The van der Waals surface area contributed by atoms with Crippen LogP contribution in [0.4, 0.5) is 0 Å². The van der Waals surface area contributed by atoms with Gasteiger partial charge in [0.2, 0.25) is 5.70 Å². The van der Waals surface area contributed by atoms with Gasteiger partial charge in [0.1, 0.15) is 18.0 Å². The molecule has 8 nitrogen and oxygen atoms in total. The van der Waals surface area contributed by atoms with Crippen molar-refractivity contribution in [2.24, 2.45) is 10.2 Å². The normalized spacial score (nSPS) is 13.3. The molecule has 0 aromatic heterocycles. The maximum atomic E-state index is 11.9. The number of ether oxygens (including phenoxy) is 2. The molecule has 1 aliphatic rings. The molecule has 0 heterocycles. The third-order valence-electron chi connectivity index (χ3n) is 5.27. The van der Waals surface area contributed by atoms with E-state index in [1.54, 1.807) is 13.8 Å². The Morgan fingerprint density at radius 2 is 1.35 bits per heavy atom. The number of carbonyl (C=O) groups excluding carboxylic acids is 3. The molecule has 0 atom stereocenters. The number of allylic oxidation sites excluding steroid dienone is 1. The average Bonchev–Trinajstić information content (AvgIpc) is 3.67. The first-order valence-electron chi connectivity index (χ1n) is 12.5. The molecule has 8 heteroatoms. The number of aliphatic hydroxyl groups is 1. The Balaban J connectivity index is 0.000000271. The van der Waals surface area contributed by atoms with Crippen LogP contribution in [0.25, 0.3) is 0 Å². The molecule has 0 spiro atoms. The van der Waals surface area contributed by atoms with E-state index in [4.69, 9.17) is 9.47 Å². The highest BCUT2D eigenvalue weighted by molar-refractivity contribution is 5.96. The van der Waals surface area contributed by atoms with Crippen molar-refractivity contribution in [1.29, 1.82) is 0 Å². The van der Waals surface area contributed by atoms with Crippen LogP contribution < -0.4 is 0 Å². The second-order valence-electron chi connectivity index (χ2n) is 8.81. The molecular weight excluding hydrogens is 472 g/mol. The van der Waals surface area contributed by atoms with E-state index in [0.29, 0.717) is 13.0 Å². The molecule has 1 N–H and O–H groups in total. The quantitative estimate of drug-likeness (QED) is 0.140. The first kappa shape index (κ1) is 29.4. The van der Waals surface area contributed by atoms with Crippen LogP contribution in [0.2, 0.25) is 0 Å². The molecule has 3 rings (SSSR count). The van der Waals surface area contributed by atoms with E-state index in [0.717, 1.165) is 35.1 Å². The number of azo groups is 1. The lowest BCUT2D eigenvalue weighted by molar-refractivity contribution is -0.145. The van der Waals surface area contributed by atoms with Crippen molar-refractivity contribution in [3.8, 4) is 0 Å². The molecular formula is C29H36N2O6. The summed E-state index contributed by atoms with van der Waals surface area (Å²) in [6.07, 6.45) is 2.36. The summed E-state index contributed by atoms with van der Waals surface area (Å²) in [5.74, 6) is -1.30. The predicted octanol–water partition coefficient (Wildman–Crippen LogP) is 5.54. The topological polar surface area (TPSA) is 115 Å². The zero-order chi connectivity index (χ0) is 27.2. The number of aliphatic hydroxyl groups excluding tert-OH is 1. The van der Waals surface area contributed by atoms with Crippen LogP contribution in [-0.4, -0.2) is 42.1 Å². The van der Waals surface area contributed by atoms with E-state index in [-0.39, 0.29) is 42.7 Å². The van der Waals surface area contributed by atoms with Crippen molar-refractivity contribution in [3.05, 3.63) is 82.2 Å². The fourth-order valence-electron chi connectivity index (χ4n) is 3.10. The summed E-state index contributed by atoms with van der Waals surface area (Å²) in [7, 11) is 0. The smallest absolute Gasteiger partial charge is 0.362 e. The molecule has 0 aliphatic heterocycles. The van der Waals surface area contributed by atoms with Crippen molar-refractivity contribution in [2.75, 3.05) is 13.2 Å². The highest BCUT2D eigenvalue weighted by atomic mass is 16.5. The Labute approximate surface area is 218 Å². The first-order valence-corrected chi connectivity index (χ1v) is 12.5. The molecule has 0 unspecified atom stereocenters. The summed E-state index contributed by atoms with van der Waals surface area (Å²) in [6.45, 7) is 7.97. The molecule has 0 amide bonds. The number of benzene rings is 2. The second kappa shape index (κ2) is 15.3. The fourth-order valence-corrected chi connectivity index (χ4v) is 3.10. The van der Waals surface area contributed by atoms with Crippen LogP contribution in [0.3, 0.4) is 0 Å². The minimum absolute atomic E-state index is 0.0932. The molecule has 1 saturated carbocycles. The Morgan fingerprint density at radius 1 is 0.838 bits per heavy atom. The fraction of sp³-hybridized carbons (Fsp3) is 0.414. The minimum atomic E-state index is -0.633. The summed E-state index contributed by atoms with van der Waals surface area (Å²) >= 11 is 0. The predicted molar refractivity (Wildman–Crippen MR) is 140 cm³/mol. The summed E-state index contributed by atoms with van der Waals surface area (Å²) in [6, 6.07) is 15.6. The van der Waals surface area contributed by atoms with Gasteiger partial charge in [-0.3, -0.25) is 9.59 Å². The van der Waals surface area contributed by atoms with Crippen LogP contribution in [-0.2, 0) is 36.7 Å². The summed E-state index contributed by atoms with van der Waals surface area (Å²) in [5.41, 5.74) is 4.04. The zero-order valence-corrected chi connectivity index (χ0v) is 22.0. The van der Waals surface area contributed by atoms with Gasteiger partial charge in [-0.1, -0.05) is 59.7 Å². The minimum Gasteiger partial charge on any atom is -0.509 e.